The van der Waals surface area contributed by atoms with E-state index in [0.29, 0.717) is 11.7 Å². The molecular formula is C12H14BrFN2O. The van der Waals surface area contributed by atoms with Crippen LogP contribution in [-0.4, -0.2) is 18.0 Å². The van der Waals surface area contributed by atoms with Crippen LogP contribution in [-0.2, 0) is 4.79 Å². The number of benzene rings is 1. The van der Waals surface area contributed by atoms with Gasteiger partial charge in [-0.2, -0.15) is 0 Å². The molecule has 2 N–H and O–H groups in total. The van der Waals surface area contributed by atoms with Gasteiger partial charge in [0.25, 0.3) is 0 Å². The standard InChI is InChI=1S/C12H14BrFN2O/c1-7(12(17)16-9-3-4-9)15-11-6-8(14)2-5-10(11)13/h2,5-7,9,15H,3-4H2,1H3,(H,16,17). The van der Waals surface area contributed by atoms with Crippen molar-refractivity contribution in [2.75, 3.05) is 5.32 Å². The first-order valence-corrected chi connectivity index (χ1v) is 6.37. The zero-order valence-corrected chi connectivity index (χ0v) is 11.1. The molecule has 1 aromatic carbocycles. The zero-order chi connectivity index (χ0) is 12.4. The van der Waals surface area contributed by atoms with Crippen LogP contribution in [0.2, 0.25) is 0 Å². The first-order valence-electron chi connectivity index (χ1n) is 5.58. The van der Waals surface area contributed by atoms with E-state index in [1.165, 1.54) is 12.1 Å². The predicted octanol–water partition coefficient (Wildman–Crippen LogP) is 2.67. The number of amides is 1. The minimum Gasteiger partial charge on any atom is -0.373 e. The summed E-state index contributed by atoms with van der Waals surface area (Å²) in [7, 11) is 0. The Morgan fingerprint density at radius 2 is 2.24 bits per heavy atom. The summed E-state index contributed by atoms with van der Waals surface area (Å²) in [5.41, 5.74) is 0.587. The molecule has 0 heterocycles. The maximum Gasteiger partial charge on any atom is 0.242 e. The Kier molecular flexibility index (Phi) is 3.66. The predicted molar refractivity (Wildman–Crippen MR) is 68.3 cm³/mol. The molecule has 3 nitrogen and oxygen atoms in total. The molecule has 1 aromatic rings. The third-order valence-electron chi connectivity index (χ3n) is 2.62. The number of nitrogens with one attached hydrogen (secondary N) is 2. The second-order valence-corrected chi connectivity index (χ2v) is 5.13. The minimum atomic E-state index is -0.381. The van der Waals surface area contributed by atoms with Gasteiger partial charge in [0.05, 0.1) is 5.69 Å². The highest BCUT2D eigenvalue weighted by Crippen LogP contribution is 2.24. The van der Waals surface area contributed by atoms with Crippen LogP contribution in [0.5, 0.6) is 0 Å². The van der Waals surface area contributed by atoms with Crippen LogP contribution in [0.3, 0.4) is 0 Å². The van der Waals surface area contributed by atoms with Crippen molar-refractivity contribution in [3.8, 4) is 0 Å². The number of hydrogen-bond acceptors (Lipinski definition) is 2. The van der Waals surface area contributed by atoms with Gasteiger partial charge in [-0.15, -0.1) is 0 Å². The van der Waals surface area contributed by atoms with Crippen LogP contribution in [0.4, 0.5) is 10.1 Å². The van der Waals surface area contributed by atoms with E-state index in [1.54, 1.807) is 13.0 Å². The van der Waals surface area contributed by atoms with Crippen LogP contribution in [0.1, 0.15) is 19.8 Å². The molecule has 1 aliphatic rings. The van der Waals surface area contributed by atoms with E-state index in [9.17, 15) is 9.18 Å². The summed E-state index contributed by atoms with van der Waals surface area (Å²) in [6.07, 6.45) is 2.12. The third-order valence-corrected chi connectivity index (χ3v) is 3.31. The highest BCUT2D eigenvalue weighted by atomic mass is 79.9. The van der Waals surface area contributed by atoms with Gasteiger partial charge in [-0.3, -0.25) is 4.79 Å². The summed E-state index contributed by atoms with van der Waals surface area (Å²) in [5.74, 6) is -0.380. The lowest BCUT2D eigenvalue weighted by Crippen LogP contribution is -2.38. The molecule has 0 aliphatic heterocycles. The maximum absolute atomic E-state index is 13.1. The average molecular weight is 301 g/mol. The lowest BCUT2D eigenvalue weighted by molar-refractivity contribution is -0.121. The van der Waals surface area contributed by atoms with E-state index in [-0.39, 0.29) is 17.8 Å². The molecule has 1 amide bonds. The Hall–Kier alpha value is -1.10. The van der Waals surface area contributed by atoms with Gasteiger partial charge in [0.2, 0.25) is 5.91 Å². The first kappa shape index (κ1) is 12.4. The zero-order valence-electron chi connectivity index (χ0n) is 9.47. The van der Waals surface area contributed by atoms with Crippen molar-refractivity contribution in [1.82, 2.24) is 5.32 Å². The summed E-state index contributed by atoms with van der Waals surface area (Å²) in [5, 5.41) is 5.88. The molecule has 1 atom stereocenters. The summed E-state index contributed by atoms with van der Waals surface area (Å²) >= 11 is 3.31. The number of carbonyl (C=O) groups is 1. The minimum absolute atomic E-state index is 0.0522. The topological polar surface area (TPSA) is 41.1 Å². The smallest absolute Gasteiger partial charge is 0.242 e. The lowest BCUT2D eigenvalue weighted by Gasteiger charge is -2.16. The highest BCUT2D eigenvalue weighted by molar-refractivity contribution is 9.10. The van der Waals surface area contributed by atoms with Gasteiger partial charge >= 0.3 is 0 Å². The second-order valence-electron chi connectivity index (χ2n) is 4.27. The van der Waals surface area contributed by atoms with Crippen molar-refractivity contribution in [1.29, 1.82) is 0 Å². The Labute approximate surface area is 108 Å². The van der Waals surface area contributed by atoms with Crippen LogP contribution in [0.15, 0.2) is 22.7 Å². The molecule has 0 radical (unpaired) electrons. The van der Waals surface area contributed by atoms with Crippen molar-refractivity contribution in [2.24, 2.45) is 0 Å². The average Bonchev–Trinajstić information content (AvgIpc) is 3.07. The van der Waals surface area contributed by atoms with Crippen LogP contribution in [0.25, 0.3) is 0 Å². The number of carbonyl (C=O) groups excluding carboxylic acids is 1. The van der Waals surface area contributed by atoms with Gasteiger partial charge in [-0.25, -0.2) is 4.39 Å². The van der Waals surface area contributed by atoms with E-state index in [2.05, 4.69) is 26.6 Å². The fourth-order valence-corrected chi connectivity index (χ4v) is 1.82. The van der Waals surface area contributed by atoms with Gasteiger partial charge in [-0.1, -0.05) is 0 Å². The number of rotatable bonds is 4. The van der Waals surface area contributed by atoms with Crippen LogP contribution in [0, 0.1) is 5.82 Å². The van der Waals surface area contributed by atoms with Gasteiger partial charge in [0, 0.05) is 10.5 Å². The van der Waals surface area contributed by atoms with Gasteiger partial charge < -0.3 is 10.6 Å². The van der Waals surface area contributed by atoms with E-state index >= 15 is 0 Å². The molecular weight excluding hydrogens is 287 g/mol. The summed E-state index contributed by atoms with van der Waals surface area (Å²) in [4.78, 5) is 11.7. The highest BCUT2D eigenvalue weighted by Gasteiger charge is 2.25. The summed E-state index contributed by atoms with van der Waals surface area (Å²) in [6, 6.07) is 4.30. The van der Waals surface area contributed by atoms with Crippen molar-refractivity contribution in [2.45, 2.75) is 31.8 Å². The number of hydrogen-bond donors (Lipinski definition) is 2. The molecule has 0 spiro atoms. The molecule has 0 saturated heterocycles. The molecule has 17 heavy (non-hydrogen) atoms. The maximum atomic E-state index is 13.1. The van der Waals surface area contributed by atoms with Crippen molar-refractivity contribution in [3.63, 3.8) is 0 Å². The Bertz CT molecular complexity index is 435. The monoisotopic (exact) mass is 300 g/mol. The van der Waals surface area contributed by atoms with Crippen molar-refractivity contribution < 1.29 is 9.18 Å². The molecule has 2 rings (SSSR count). The van der Waals surface area contributed by atoms with Gasteiger partial charge in [0.1, 0.15) is 11.9 Å². The van der Waals surface area contributed by atoms with Gasteiger partial charge in [-0.05, 0) is 53.9 Å². The number of halogens is 2. The molecule has 1 saturated carbocycles. The molecule has 1 unspecified atom stereocenters. The molecule has 92 valence electrons. The van der Waals surface area contributed by atoms with Crippen molar-refractivity contribution >= 4 is 27.5 Å². The second kappa shape index (κ2) is 5.04. The molecule has 1 aliphatic carbocycles. The Morgan fingerprint density at radius 3 is 2.88 bits per heavy atom. The largest absolute Gasteiger partial charge is 0.373 e. The molecule has 5 heteroatoms. The van der Waals surface area contributed by atoms with Gasteiger partial charge in [0.15, 0.2) is 0 Å². The third kappa shape index (κ3) is 3.43. The van der Waals surface area contributed by atoms with Crippen molar-refractivity contribution in [3.05, 3.63) is 28.5 Å². The first-order chi connectivity index (χ1) is 8.06. The SMILES string of the molecule is CC(Nc1cc(F)ccc1Br)C(=O)NC1CC1. The normalized spacial score (nSPS) is 16.4. The Morgan fingerprint density at radius 1 is 1.53 bits per heavy atom. The quantitative estimate of drug-likeness (QED) is 0.897. The number of anilines is 1. The lowest BCUT2D eigenvalue weighted by atomic mass is 10.2. The fraction of sp³-hybridized carbons (Fsp3) is 0.417. The molecule has 0 bridgehead atoms. The van der Waals surface area contributed by atoms with E-state index in [0.717, 1.165) is 17.3 Å². The van der Waals surface area contributed by atoms with E-state index in [4.69, 9.17) is 0 Å². The van der Waals surface area contributed by atoms with E-state index < -0.39 is 0 Å². The van der Waals surface area contributed by atoms with Crippen LogP contribution >= 0.6 is 15.9 Å². The van der Waals surface area contributed by atoms with Crippen LogP contribution < -0.4 is 10.6 Å². The summed E-state index contributed by atoms with van der Waals surface area (Å²) < 4.78 is 13.8. The summed E-state index contributed by atoms with van der Waals surface area (Å²) in [6.45, 7) is 1.76. The molecule has 0 aromatic heterocycles. The fourth-order valence-electron chi connectivity index (χ4n) is 1.46. The van der Waals surface area contributed by atoms with E-state index in [1.807, 2.05) is 0 Å². The Balaban J connectivity index is 1.98. The molecule has 1 fully saturated rings.